The number of fused-ring (bicyclic) bond motifs is 1. The van der Waals surface area contributed by atoms with Crippen LogP contribution in [0.15, 0.2) is 71.9 Å². The summed E-state index contributed by atoms with van der Waals surface area (Å²) in [4.78, 5) is 54.8. The van der Waals surface area contributed by atoms with E-state index >= 15 is 0 Å². The number of nitrogens with zero attached hydrogens (tertiary/aromatic N) is 6. The number of anilines is 2. The molecule has 0 fully saturated rings. The Bertz CT molecular complexity index is 1770. The molecule has 4 aromatic rings. The Balaban J connectivity index is 0.00000199. The Morgan fingerprint density at radius 2 is 1.64 bits per heavy atom. The second-order valence-corrected chi connectivity index (χ2v) is 12.7. The molecule has 0 saturated carbocycles. The van der Waals surface area contributed by atoms with E-state index in [4.69, 9.17) is 24.7 Å². The number of amides is 2. The molecule has 2 aromatic carbocycles. The largest absolute Gasteiger partial charge is 0.466 e. The van der Waals surface area contributed by atoms with Crippen molar-refractivity contribution in [1.29, 1.82) is 0 Å². The van der Waals surface area contributed by atoms with Crippen molar-refractivity contribution in [2.24, 2.45) is 17.8 Å². The number of nitrogens with two attached hydrogens (primary N) is 1. The van der Waals surface area contributed by atoms with Crippen molar-refractivity contribution < 1.29 is 28.4 Å². The molecule has 55 heavy (non-hydrogen) atoms. The number of nitrogens with one attached hydrogen (secondary N) is 1. The lowest BCUT2D eigenvalue weighted by Crippen LogP contribution is -2.34. The van der Waals surface area contributed by atoms with E-state index in [0.717, 1.165) is 67.7 Å². The highest BCUT2D eigenvalue weighted by atomic mass is 32.2. The summed E-state index contributed by atoms with van der Waals surface area (Å²) in [5.74, 6) is 0.636. The van der Waals surface area contributed by atoms with Gasteiger partial charge in [-0.1, -0.05) is 46.1 Å². The maximum absolute atomic E-state index is 13.8. The third kappa shape index (κ3) is 16.1. The van der Waals surface area contributed by atoms with Crippen LogP contribution in [0.3, 0.4) is 0 Å². The van der Waals surface area contributed by atoms with E-state index in [1.54, 1.807) is 54.9 Å². The number of carbonyl (C=O) groups is 3. The molecular formula is C40H58N8O6S. The molecule has 0 bridgehead atoms. The Kier molecular flexibility index (Phi) is 21.8. The molecule has 2 heterocycles. The number of rotatable bonds is 18. The molecule has 0 saturated heterocycles. The molecule has 2 aromatic heterocycles. The number of aliphatic imine (C=N–C) groups is 1. The summed E-state index contributed by atoms with van der Waals surface area (Å²) in [6.45, 7) is 8.14. The Hall–Kier alpha value is -4.99. The number of benzene rings is 2. The molecule has 0 aliphatic rings. The number of aryl methyl sites for hydroxylation is 1. The van der Waals surface area contributed by atoms with Gasteiger partial charge in [-0.15, -0.1) is 0 Å². The monoisotopic (exact) mass is 778 g/mol. The minimum atomic E-state index is -0.691. The van der Waals surface area contributed by atoms with Crippen LogP contribution in [0.5, 0.6) is 0 Å². The Labute approximate surface area is 329 Å². The van der Waals surface area contributed by atoms with Crippen LogP contribution in [0.4, 0.5) is 16.3 Å². The van der Waals surface area contributed by atoms with Gasteiger partial charge in [-0.3, -0.25) is 14.5 Å². The smallest absolute Gasteiger partial charge is 0.435 e. The first kappa shape index (κ1) is 46.2. The molecule has 0 radical (unpaired) electrons. The zero-order chi connectivity index (χ0) is 40.6. The molecular weight excluding hydrogens is 721 g/mol. The van der Waals surface area contributed by atoms with Crippen molar-refractivity contribution in [2.75, 3.05) is 56.9 Å². The summed E-state index contributed by atoms with van der Waals surface area (Å²) in [6, 6.07) is 17.9. The molecule has 300 valence electrons. The van der Waals surface area contributed by atoms with Crippen molar-refractivity contribution in [3.8, 4) is 0 Å². The Morgan fingerprint density at radius 3 is 2.29 bits per heavy atom. The maximum atomic E-state index is 13.8. The number of unbranched alkanes of at least 4 members (excludes halogenated alkanes) is 3. The average molecular weight is 779 g/mol. The first-order valence-corrected chi connectivity index (χ1v) is 19.8. The summed E-state index contributed by atoms with van der Waals surface area (Å²) in [6.07, 6.45) is 7.32. The first-order chi connectivity index (χ1) is 26.6. The third-order valence-corrected chi connectivity index (χ3v) is 8.01. The molecule has 2 amide bonds. The number of ether oxygens (including phenoxy) is 2. The topological polar surface area (TPSA) is 177 Å². The first-order valence-electron chi connectivity index (χ1n) is 18.6. The predicted molar refractivity (Wildman–Crippen MR) is 223 cm³/mol. The fourth-order valence-electron chi connectivity index (χ4n) is 5.20. The maximum Gasteiger partial charge on any atom is 0.435 e. The van der Waals surface area contributed by atoms with Crippen LogP contribution in [0.1, 0.15) is 81.0 Å². The number of amidine groups is 1. The number of aromatic nitrogens is 3. The van der Waals surface area contributed by atoms with Crippen LogP contribution in [-0.4, -0.2) is 94.4 Å². The van der Waals surface area contributed by atoms with Gasteiger partial charge in [0.1, 0.15) is 17.5 Å². The number of carbonyl (C=O) groups excluding carboxylic acids is 3. The minimum Gasteiger partial charge on any atom is -0.466 e. The van der Waals surface area contributed by atoms with Crippen LogP contribution >= 0.6 is 12.0 Å². The predicted octanol–water partition coefficient (Wildman–Crippen LogP) is 7.38. The van der Waals surface area contributed by atoms with Gasteiger partial charge < -0.3 is 34.5 Å². The van der Waals surface area contributed by atoms with E-state index in [9.17, 15) is 14.4 Å². The number of hydrogen-bond acceptors (Lipinski definition) is 11. The second kappa shape index (κ2) is 25.9. The van der Waals surface area contributed by atoms with Crippen molar-refractivity contribution in [1.82, 2.24) is 19.4 Å². The quantitative estimate of drug-likeness (QED) is 0.0301. The molecule has 14 nitrogen and oxygen atoms in total. The highest BCUT2D eigenvalue weighted by Gasteiger charge is 2.22. The van der Waals surface area contributed by atoms with Crippen LogP contribution in [0, 0.1) is 0 Å². The average Bonchev–Trinajstić information content (AvgIpc) is 3.51. The van der Waals surface area contributed by atoms with Crippen LogP contribution < -0.4 is 16.0 Å². The molecule has 4 rings (SSSR count). The van der Waals surface area contributed by atoms with Gasteiger partial charge >= 0.3 is 12.1 Å². The summed E-state index contributed by atoms with van der Waals surface area (Å²) in [5.41, 5.74) is 9.41. The van der Waals surface area contributed by atoms with Gasteiger partial charge in [-0.25, -0.2) is 14.8 Å². The van der Waals surface area contributed by atoms with Crippen molar-refractivity contribution in [2.45, 2.75) is 65.8 Å². The van der Waals surface area contributed by atoms with E-state index in [0.29, 0.717) is 42.2 Å². The lowest BCUT2D eigenvalue weighted by atomic mass is 10.1. The molecule has 4 N–H and O–H groups in total. The highest BCUT2D eigenvalue weighted by molar-refractivity contribution is 7.93. The zero-order valence-electron chi connectivity index (χ0n) is 33.3. The minimum absolute atomic E-state index is 0.0397. The van der Waals surface area contributed by atoms with Gasteiger partial charge in [-0.2, -0.15) is 4.99 Å². The SMILES string of the molecule is CC.CCCCCCOC(=O)/N=C(\N)c1ccc(NCc2nc3cc(C(=O)N(CCC(=O)OCCCN(C)C)c4ccccn4)ccc3n2C)cc1.CSO. The van der Waals surface area contributed by atoms with E-state index in [2.05, 4.69) is 22.2 Å². The second-order valence-electron chi connectivity index (χ2n) is 12.3. The van der Waals surface area contributed by atoms with E-state index in [1.165, 1.54) is 4.90 Å². The number of pyridine rings is 1. The van der Waals surface area contributed by atoms with Crippen LogP contribution in [0.25, 0.3) is 11.0 Å². The number of imidazole rings is 1. The van der Waals surface area contributed by atoms with Crippen LogP contribution in [0.2, 0.25) is 0 Å². The van der Waals surface area contributed by atoms with Gasteiger partial charge in [0.05, 0.1) is 37.2 Å². The third-order valence-electron chi connectivity index (χ3n) is 8.01. The fourth-order valence-corrected chi connectivity index (χ4v) is 5.20. The van der Waals surface area contributed by atoms with Gasteiger partial charge in [-0.05, 0) is 93.6 Å². The molecule has 0 spiro atoms. The van der Waals surface area contributed by atoms with Gasteiger partial charge in [0.15, 0.2) is 0 Å². The summed E-state index contributed by atoms with van der Waals surface area (Å²) in [7, 11) is 5.85. The fraction of sp³-hybridized carbons (Fsp3) is 0.450. The van der Waals surface area contributed by atoms with Gasteiger partial charge in [0, 0.05) is 49.4 Å². The lowest BCUT2D eigenvalue weighted by molar-refractivity contribution is -0.143. The molecule has 0 aliphatic heterocycles. The van der Waals surface area contributed by atoms with Crippen molar-refractivity contribution in [3.63, 3.8) is 0 Å². The highest BCUT2D eigenvalue weighted by Crippen LogP contribution is 2.21. The van der Waals surface area contributed by atoms with Gasteiger partial charge in [0.2, 0.25) is 0 Å². The Morgan fingerprint density at radius 1 is 0.945 bits per heavy atom. The van der Waals surface area contributed by atoms with Crippen LogP contribution in [-0.2, 0) is 27.9 Å². The van der Waals surface area contributed by atoms with E-state index in [-0.39, 0.29) is 30.7 Å². The van der Waals surface area contributed by atoms with E-state index in [1.807, 2.05) is 62.7 Å². The standard InChI is InChI=1S/C37H48N8O5.C2H6.CH4OS/c1-5-6-7-10-23-50-37(48)42-35(38)27-13-16-29(17-14-27)40-26-33-41-30-25-28(15-18-31(30)44(33)4)36(47)45(32-12-8-9-20-39-32)22-19-34(46)49-24-11-21-43(2)3;1-2;1-3-2/h8-9,12-18,20,25,40H,5-7,10-11,19,21-24,26H2,1-4H3,(H2,38,42,48);1-2H3;2H,1H3. The lowest BCUT2D eigenvalue weighted by Gasteiger charge is -2.21. The number of hydrogen-bond donors (Lipinski definition) is 3. The molecule has 0 aliphatic carbocycles. The summed E-state index contributed by atoms with van der Waals surface area (Å²) >= 11 is 0.750. The number of esters is 1. The van der Waals surface area contributed by atoms with Gasteiger partial charge in [0.25, 0.3) is 5.91 Å². The zero-order valence-corrected chi connectivity index (χ0v) is 34.1. The summed E-state index contributed by atoms with van der Waals surface area (Å²) in [5, 5.41) is 3.36. The normalized spacial score (nSPS) is 10.9. The summed E-state index contributed by atoms with van der Waals surface area (Å²) < 4.78 is 20.0. The molecule has 0 atom stereocenters. The van der Waals surface area contributed by atoms with Crippen molar-refractivity contribution >= 4 is 58.4 Å². The van der Waals surface area contributed by atoms with E-state index < -0.39 is 6.09 Å². The molecule has 15 heteroatoms. The molecule has 0 unspecified atom stereocenters. The van der Waals surface area contributed by atoms with Crippen molar-refractivity contribution in [3.05, 3.63) is 83.8 Å².